The molecule has 8 aromatic carbocycles. The van der Waals surface area contributed by atoms with Gasteiger partial charge in [0.15, 0.2) is 0 Å². The van der Waals surface area contributed by atoms with Crippen LogP contribution in [-0.2, 0) is 16.2 Å². The number of benzene rings is 8. The zero-order valence-electron chi connectivity index (χ0n) is 33.0. The van der Waals surface area contributed by atoms with Gasteiger partial charge in [0, 0.05) is 33.2 Å². The summed E-state index contributed by atoms with van der Waals surface area (Å²) in [7, 11) is 0. The van der Waals surface area contributed by atoms with E-state index in [0.717, 1.165) is 0 Å². The average molecular weight is 720 g/mol. The van der Waals surface area contributed by atoms with Gasteiger partial charge in [-0.05, 0) is 119 Å². The van der Waals surface area contributed by atoms with Crippen molar-refractivity contribution in [1.29, 1.82) is 0 Å². The van der Waals surface area contributed by atoms with Crippen LogP contribution in [0.2, 0.25) is 0 Å². The summed E-state index contributed by atoms with van der Waals surface area (Å²) in [4.78, 5) is 2.58. The van der Waals surface area contributed by atoms with Crippen molar-refractivity contribution in [3.05, 3.63) is 197 Å². The van der Waals surface area contributed by atoms with E-state index in [-0.39, 0.29) is 16.2 Å². The molecule has 270 valence electrons. The summed E-state index contributed by atoms with van der Waals surface area (Å²) in [5.74, 6) is 0. The van der Waals surface area contributed by atoms with Gasteiger partial charge in [-0.25, -0.2) is 0 Å². The molecular formula is C55H45N. The predicted molar refractivity (Wildman–Crippen MR) is 237 cm³/mol. The number of fused-ring (bicyclic) bond motifs is 11. The molecule has 1 nitrogen and oxygen atoms in total. The number of hydrogen-bond donors (Lipinski definition) is 0. The molecule has 0 amide bonds. The summed E-state index contributed by atoms with van der Waals surface area (Å²) in [5, 5.41) is 2.59. The standard InChI is InChI=1S/C55H45N/c1-53(2)45-22-14-12-20-40(45)42-28-25-37(32-48(42)53)56(38-26-29-43-41-21-13-15-23-46(41)54(3,4)49(43)33-38)50-31-36-18-10-11-19-39(36)52-51(50)44-27-24-35(30-47(44)55(52,5)6)34-16-8-7-9-17-34/h7-33H,1-6H3. The average Bonchev–Trinajstić information content (AvgIpc) is 3.71. The highest BCUT2D eigenvalue weighted by molar-refractivity contribution is 6.06. The summed E-state index contributed by atoms with van der Waals surface area (Å²) in [6, 6.07) is 61.9. The molecule has 0 bridgehead atoms. The van der Waals surface area contributed by atoms with E-state index < -0.39 is 0 Å². The molecule has 0 aliphatic heterocycles. The second-order valence-electron chi connectivity index (χ2n) is 17.8. The van der Waals surface area contributed by atoms with Crippen LogP contribution in [0.15, 0.2) is 164 Å². The van der Waals surface area contributed by atoms with E-state index in [4.69, 9.17) is 0 Å². The normalized spacial score (nSPS) is 15.8. The molecule has 0 aromatic heterocycles. The maximum absolute atomic E-state index is 2.58. The summed E-state index contributed by atoms with van der Waals surface area (Å²) < 4.78 is 0. The van der Waals surface area contributed by atoms with E-state index in [1.807, 2.05) is 0 Å². The highest BCUT2D eigenvalue weighted by Gasteiger charge is 2.42. The highest BCUT2D eigenvalue weighted by Crippen LogP contribution is 2.59. The molecule has 1 heteroatoms. The molecule has 0 spiro atoms. The van der Waals surface area contributed by atoms with Gasteiger partial charge in [-0.3, -0.25) is 0 Å². The number of anilines is 3. The van der Waals surface area contributed by atoms with Gasteiger partial charge in [-0.1, -0.05) is 169 Å². The first-order valence-corrected chi connectivity index (χ1v) is 20.1. The van der Waals surface area contributed by atoms with Gasteiger partial charge < -0.3 is 4.90 Å². The second-order valence-corrected chi connectivity index (χ2v) is 17.8. The molecule has 11 rings (SSSR count). The van der Waals surface area contributed by atoms with E-state index in [1.54, 1.807) is 0 Å². The molecule has 3 aliphatic carbocycles. The molecular weight excluding hydrogens is 675 g/mol. The van der Waals surface area contributed by atoms with Crippen molar-refractivity contribution >= 4 is 27.8 Å². The Kier molecular flexibility index (Phi) is 6.77. The molecule has 3 aliphatic rings. The summed E-state index contributed by atoms with van der Waals surface area (Å²) in [5.41, 5.74) is 22.0. The van der Waals surface area contributed by atoms with Crippen LogP contribution in [0.3, 0.4) is 0 Å². The number of nitrogens with zero attached hydrogens (tertiary/aromatic N) is 1. The van der Waals surface area contributed by atoms with Gasteiger partial charge in [0.1, 0.15) is 0 Å². The molecule has 0 fully saturated rings. The van der Waals surface area contributed by atoms with Crippen molar-refractivity contribution in [1.82, 2.24) is 0 Å². The summed E-state index contributed by atoms with van der Waals surface area (Å²) >= 11 is 0. The van der Waals surface area contributed by atoms with E-state index in [0.29, 0.717) is 0 Å². The lowest BCUT2D eigenvalue weighted by Crippen LogP contribution is -2.19. The summed E-state index contributed by atoms with van der Waals surface area (Å²) in [6.07, 6.45) is 0. The lowest BCUT2D eigenvalue weighted by Gasteiger charge is -2.32. The quantitative estimate of drug-likeness (QED) is 0.175. The molecule has 56 heavy (non-hydrogen) atoms. The van der Waals surface area contributed by atoms with Crippen molar-refractivity contribution in [2.24, 2.45) is 0 Å². The lowest BCUT2D eigenvalue weighted by molar-refractivity contribution is 0.660. The van der Waals surface area contributed by atoms with Gasteiger partial charge >= 0.3 is 0 Å². The Hall–Kier alpha value is -6.18. The Morgan fingerprint density at radius 1 is 0.357 bits per heavy atom. The first-order valence-electron chi connectivity index (χ1n) is 20.1. The fourth-order valence-electron chi connectivity index (χ4n) is 10.7. The maximum Gasteiger partial charge on any atom is 0.0549 e. The van der Waals surface area contributed by atoms with Crippen molar-refractivity contribution in [2.45, 2.75) is 57.8 Å². The van der Waals surface area contributed by atoms with Gasteiger partial charge in [0.2, 0.25) is 0 Å². The van der Waals surface area contributed by atoms with Gasteiger partial charge in [0.05, 0.1) is 5.69 Å². The molecule has 0 saturated heterocycles. The predicted octanol–water partition coefficient (Wildman–Crippen LogP) is 14.9. The van der Waals surface area contributed by atoms with E-state index in [1.165, 1.54) is 106 Å². The second kappa shape index (κ2) is 11.4. The third-order valence-corrected chi connectivity index (χ3v) is 13.6. The Bertz CT molecular complexity index is 2830. The third-order valence-electron chi connectivity index (χ3n) is 13.6. The Balaban J connectivity index is 1.21. The van der Waals surface area contributed by atoms with Gasteiger partial charge in [-0.15, -0.1) is 0 Å². The fraction of sp³-hybridized carbons (Fsp3) is 0.164. The molecule has 0 unspecified atom stereocenters. The van der Waals surface area contributed by atoms with Gasteiger partial charge in [-0.2, -0.15) is 0 Å². The van der Waals surface area contributed by atoms with Crippen LogP contribution in [0, 0.1) is 0 Å². The van der Waals surface area contributed by atoms with Crippen LogP contribution in [0.1, 0.15) is 74.9 Å². The molecule has 0 radical (unpaired) electrons. The van der Waals surface area contributed by atoms with Crippen LogP contribution in [0.25, 0.3) is 55.3 Å². The van der Waals surface area contributed by atoms with Crippen molar-refractivity contribution < 1.29 is 0 Å². The van der Waals surface area contributed by atoms with E-state index in [2.05, 4.69) is 210 Å². The fourth-order valence-corrected chi connectivity index (χ4v) is 10.7. The van der Waals surface area contributed by atoms with Crippen molar-refractivity contribution in [3.8, 4) is 44.5 Å². The van der Waals surface area contributed by atoms with Crippen molar-refractivity contribution in [2.75, 3.05) is 4.90 Å². The topological polar surface area (TPSA) is 3.24 Å². The zero-order chi connectivity index (χ0) is 38.1. The Morgan fingerprint density at radius 2 is 0.857 bits per heavy atom. The molecule has 0 N–H and O–H groups in total. The van der Waals surface area contributed by atoms with E-state index >= 15 is 0 Å². The van der Waals surface area contributed by atoms with Gasteiger partial charge in [0.25, 0.3) is 0 Å². The SMILES string of the molecule is CC1(C)c2ccccc2-c2ccc(N(c3ccc4c(c3)C(C)(C)c3ccccc3-4)c3cc4ccccc4c4c3-c3ccc(-c5ccccc5)cc3C4(C)C)cc21. The summed E-state index contributed by atoms with van der Waals surface area (Å²) in [6.45, 7) is 14.4. The third kappa shape index (κ3) is 4.43. The monoisotopic (exact) mass is 719 g/mol. The highest BCUT2D eigenvalue weighted by atomic mass is 15.1. The Morgan fingerprint density at radius 3 is 1.48 bits per heavy atom. The maximum atomic E-state index is 2.58. The minimum absolute atomic E-state index is 0.122. The van der Waals surface area contributed by atoms with Crippen LogP contribution in [0.5, 0.6) is 0 Å². The largest absolute Gasteiger partial charge is 0.310 e. The smallest absolute Gasteiger partial charge is 0.0549 e. The zero-order valence-corrected chi connectivity index (χ0v) is 33.0. The van der Waals surface area contributed by atoms with Crippen LogP contribution in [0.4, 0.5) is 17.1 Å². The van der Waals surface area contributed by atoms with Crippen LogP contribution in [-0.4, -0.2) is 0 Å². The molecule has 0 saturated carbocycles. The van der Waals surface area contributed by atoms with E-state index in [9.17, 15) is 0 Å². The van der Waals surface area contributed by atoms with Crippen LogP contribution < -0.4 is 4.90 Å². The minimum Gasteiger partial charge on any atom is -0.310 e. The van der Waals surface area contributed by atoms with Crippen molar-refractivity contribution in [3.63, 3.8) is 0 Å². The first kappa shape index (κ1) is 33.2. The minimum atomic E-state index is -0.222. The Labute approximate surface area is 330 Å². The molecule has 8 aromatic rings. The number of hydrogen-bond acceptors (Lipinski definition) is 1. The van der Waals surface area contributed by atoms with Crippen LogP contribution >= 0.6 is 0 Å². The lowest BCUT2D eigenvalue weighted by atomic mass is 9.79. The molecule has 0 atom stereocenters. The molecule has 0 heterocycles. The number of rotatable bonds is 4. The first-order chi connectivity index (χ1) is 27.0.